The summed E-state index contributed by atoms with van der Waals surface area (Å²) in [4.78, 5) is 28.7. The maximum Gasteiger partial charge on any atom is 0.349 e. The number of alkyl halides is 1. The van der Waals surface area contributed by atoms with Crippen LogP contribution in [-0.4, -0.2) is 19.7 Å². The Bertz CT molecular complexity index is 1290. The van der Waals surface area contributed by atoms with Gasteiger partial charge in [-0.25, -0.2) is 9.78 Å². The minimum absolute atomic E-state index is 0.308. The Morgan fingerprint density at radius 1 is 1.07 bits per heavy atom. The van der Waals surface area contributed by atoms with E-state index in [9.17, 15) is 9.59 Å². The van der Waals surface area contributed by atoms with Crippen molar-refractivity contribution in [1.82, 2.24) is 19.7 Å². The minimum atomic E-state index is -1.16. The summed E-state index contributed by atoms with van der Waals surface area (Å²) in [7, 11) is 0. The molecule has 0 amide bonds. The number of thiazole rings is 1. The standard InChI is InChI=1S/C19H11Cl3N4O2S/c20-12-3-1-11(2-4-12)19(22,17-23-7-8-29-17)14-6-5-13(9-15(14)21)26-18(28)25-16(27)10-24-26/h1-10H,(H,25,27,28). The van der Waals surface area contributed by atoms with E-state index in [0.717, 1.165) is 16.4 Å². The number of rotatable bonds is 4. The molecule has 4 rings (SSSR count). The molecular weight excluding hydrogens is 455 g/mol. The van der Waals surface area contributed by atoms with Crippen molar-refractivity contribution in [2.24, 2.45) is 0 Å². The normalized spacial score (nSPS) is 13.2. The van der Waals surface area contributed by atoms with Crippen LogP contribution >= 0.6 is 46.1 Å². The number of aromatic nitrogens is 4. The van der Waals surface area contributed by atoms with Crippen LogP contribution in [0.2, 0.25) is 10.0 Å². The van der Waals surface area contributed by atoms with Crippen LogP contribution in [0.1, 0.15) is 16.1 Å². The first-order valence-electron chi connectivity index (χ1n) is 8.23. The third-order valence-electron chi connectivity index (χ3n) is 4.25. The molecule has 10 heteroatoms. The first-order chi connectivity index (χ1) is 13.9. The fourth-order valence-corrected chi connectivity index (χ4v) is 4.65. The van der Waals surface area contributed by atoms with Gasteiger partial charge in [0.1, 0.15) is 16.1 Å². The highest BCUT2D eigenvalue weighted by atomic mass is 35.5. The van der Waals surface area contributed by atoms with Crippen molar-refractivity contribution < 1.29 is 0 Å². The molecule has 1 unspecified atom stereocenters. The molecule has 146 valence electrons. The van der Waals surface area contributed by atoms with Crippen LogP contribution in [0.4, 0.5) is 0 Å². The molecule has 0 aliphatic rings. The van der Waals surface area contributed by atoms with E-state index >= 15 is 0 Å². The van der Waals surface area contributed by atoms with Gasteiger partial charge < -0.3 is 0 Å². The molecule has 2 aromatic heterocycles. The van der Waals surface area contributed by atoms with Crippen LogP contribution in [0.5, 0.6) is 0 Å². The summed E-state index contributed by atoms with van der Waals surface area (Å²) in [5, 5.41) is 7.19. The van der Waals surface area contributed by atoms with Crippen molar-refractivity contribution in [2.75, 3.05) is 0 Å². The van der Waals surface area contributed by atoms with Crippen LogP contribution in [0.15, 0.2) is 69.8 Å². The van der Waals surface area contributed by atoms with Crippen LogP contribution in [0.3, 0.4) is 0 Å². The van der Waals surface area contributed by atoms with Gasteiger partial charge in [0.25, 0.3) is 5.56 Å². The smallest absolute Gasteiger partial charge is 0.271 e. The molecule has 0 saturated carbocycles. The largest absolute Gasteiger partial charge is 0.349 e. The van der Waals surface area contributed by atoms with Gasteiger partial charge in [0.15, 0.2) is 0 Å². The fourth-order valence-electron chi connectivity index (χ4n) is 2.92. The van der Waals surface area contributed by atoms with Gasteiger partial charge in [0, 0.05) is 27.2 Å². The second kappa shape index (κ2) is 7.76. The SMILES string of the molecule is O=c1cnn(-c2ccc(C(Cl)(c3ccc(Cl)cc3)c3nccs3)c(Cl)c2)c(=O)[nH]1. The highest BCUT2D eigenvalue weighted by Gasteiger charge is 2.38. The van der Waals surface area contributed by atoms with Crippen molar-refractivity contribution in [3.05, 3.63) is 107 Å². The predicted molar refractivity (Wildman–Crippen MR) is 115 cm³/mol. The molecule has 2 heterocycles. The van der Waals surface area contributed by atoms with E-state index in [1.165, 1.54) is 11.3 Å². The van der Waals surface area contributed by atoms with E-state index in [4.69, 9.17) is 34.8 Å². The van der Waals surface area contributed by atoms with E-state index in [1.54, 1.807) is 36.5 Å². The summed E-state index contributed by atoms with van der Waals surface area (Å²) in [5.41, 5.74) is 0.456. The number of nitrogens with one attached hydrogen (secondary N) is 1. The first-order valence-corrected chi connectivity index (χ1v) is 10.2. The molecule has 0 fully saturated rings. The zero-order valence-corrected chi connectivity index (χ0v) is 17.6. The van der Waals surface area contributed by atoms with E-state index in [0.29, 0.717) is 26.3 Å². The van der Waals surface area contributed by atoms with E-state index < -0.39 is 16.1 Å². The molecule has 0 saturated heterocycles. The van der Waals surface area contributed by atoms with Gasteiger partial charge in [0.2, 0.25) is 0 Å². The number of benzene rings is 2. The topological polar surface area (TPSA) is 80.6 Å². The Kier molecular flexibility index (Phi) is 5.31. The highest BCUT2D eigenvalue weighted by molar-refractivity contribution is 7.10. The average molecular weight is 466 g/mol. The Hall–Kier alpha value is -2.45. The number of hydrogen-bond acceptors (Lipinski definition) is 5. The zero-order chi connectivity index (χ0) is 20.6. The molecule has 0 radical (unpaired) electrons. The number of H-pyrrole nitrogens is 1. The second-order valence-electron chi connectivity index (χ2n) is 6.02. The molecule has 2 aromatic carbocycles. The van der Waals surface area contributed by atoms with Gasteiger partial charge in [-0.05, 0) is 29.8 Å². The molecule has 6 nitrogen and oxygen atoms in total. The summed E-state index contributed by atoms with van der Waals surface area (Å²) in [6, 6.07) is 12.0. The predicted octanol–water partition coefficient (Wildman–Crippen LogP) is 4.21. The van der Waals surface area contributed by atoms with E-state index in [2.05, 4.69) is 15.1 Å². The number of hydrogen-bond donors (Lipinski definition) is 1. The lowest BCUT2D eigenvalue weighted by Gasteiger charge is -2.27. The number of aromatic amines is 1. The van der Waals surface area contributed by atoms with E-state index in [-0.39, 0.29) is 0 Å². The quantitative estimate of drug-likeness (QED) is 0.458. The minimum Gasteiger partial charge on any atom is -0.271 e. The molecule has 0 aliphatic carbocycles. The maximum absolute atomic E-state index is 12.0. The summed E-state index contributed by atoms with van der Waals surface area (Å²) < 4.78 is 1.04. The first kappa shape index (κ1) is 19.8. The lowest BCUT2D eigenvalue weighted by molar-refractivity contribution is 0.748. The molecule has 0 aliphatic heterocycles. The van der Waals surface area contributed by atoms with Crippen molar-refractivity contribution in [3.8, 4) is 5.69 Å². The highest BCUT2D eigenvalue weighted by Crippen LogP contribution is 2.46. The summed E-state index contributed by atoms with van der Waals surface area (Å²) in [5.74, 6) is 0. The molecule has 29 heavy (non-hydrogen) atoms. The van der Waals surface area contributed by atoms with Gasteiger partial charge in [-0.1, -0.05) is 41.4 Å². The molecule has 0 bridgehead atoms. The van der Waals surface area contributed by atoms with Gasteiger partial charge >= 0.3 is 5.69 Å². The van der Waals surface area contributed by atoms with Crippen molar-refractivity contribution in [1.29, 1.82) is 0 Å². The van der Waals surface area contributed by atoms with Gasteiger partial charge in [-0.3, -0.25) is 9.78 Å². The van der Waals surface area contributed by atoms with Gasteiger partial charge in [-0.2, -0.15) is 9.78 Å². The zero-order valence-electron chi connectivity index (χ0n) is 14.5. The number of halogens is 3. The fraction of sp³-hybridized carbons (Fsp3) is 0.0526. The van der Waals surface area contributed by atoms with Gasteiger partial charge in [-0.15, -0.1) is 22.9 Å². The average Bonchev–Trinajstić information content (AvgIpc) is 3.23. The summed E-state index contributed by atoms with van der Waals surface area (Å²) in [6.45, 7) is 0. The molecule has 4 aromatic rings. The monoisotopic (exact) mass is 464 g/mol. The summed E-state index contributed by atoms with van der Waals surface area (Å²) in [6.07, 6.45) is 2.68. The third kappa shape index (κ3) is 3.62. The second-order valence-corrected chi connectivity index (χ2v) is 8.32. The van der Waals surface area contributed by atoms with Crippen molar-refractivity contribution in [2.45, 2.75) is 4.87 Å². The number of nitrogens with zero attached hydrogens (tertiary/aromatic N) is 3. The van der Waals surface area contributed by atoms with Crippen molar-refractivity contribution in [3.63, 3.8) is 0 Å². The lowest BCUT2D eigenvalue weighted by atomic mass is 9.90. The Balaban J connectivity index is 1.89. The molecule has 0 spiro atoms. The Morgan fingerprint density at radius 3 is 2.45 bits per heavy atom. The van der Waals surface area contributed by atoms with Crippen LogP contribution in [0.25, 0.3) is 5.69 Å². The molecular formula is C19H11Cl3N4O2S. The van der Waals surface area contributed by atoms with Crippen LogP contribution < -0.4 is 11.2 Å². The maximum atomic E-state index is 12.0. The Morgan fingerprint density at radius 2 is 1.83 bits per heavy atom. The lowest BCUT2D eigenvalue weighted by Crippen LogP contribution is -2.30. The molecule has 1 atom stereocenters. The Labute approximate surface area is 183 Å². The van der Waals surface area contributed by atoms with Crippen molar-refractivity contribution >= 4 is 46.1 Å². The van der Waals surface area contributed by atoms with Crippen LogP contribution in [-0.2, 0) is 4.87 Å². The van der Waals surface area contributed by atoms with Gasteiger partial charge in [0.05, 0.1) is 5.69 Å². The third-order valence-corrected chi connectivity index (χ3v) is 6.42. The summed E-state index contributed by atoms with van der Waals surface area (Å²) >= 11 is 21.2. The van der Waals surface area contributed by atoms with Crippen LogP contribution in [0, 0.1) is 0 Å². The van der Waals surface area contributed by atoms with E-state index in [1.807, 2.05) is 17.5 Å². The molecule has 1 N–H and O–H groups in total.